The first kappa shape index (κ1) is 29.5. The molecule has 0 radical (unpaired) electrons. The van der Waals surface area contributed by atoms with Crippen LogP contribution in [0.3, 0.4) is 0 Å². The van der Waals surface area contributed by atoms with Crippen molar-refractivity contribution in [3.05, 3.63) is 98.6 Å². The fourth-order valence-corrected chi connectivity index (χ4v) is 8.82. The number of anilines is 1. The number of ether oxygens (including phenoxy) is 1. The van der Waals surface area contributed by atoms with E-state index in [1.165, 1.54) is 19.1 Å². The molecule has 3 aromatic carbocycles. The largest absolute Gasteiger partial charge is 0.504 e. The van der Waals surface area contributed by atoms with Gasteiger partial charge in [-0.15, -0.1) is 0 Å². The minimum Gasteiger partial charge on any atom is -0.504 e. The second-order valence-corrected chi connectivity index (χ2v) is 13.5. The smallest absolute Gasteiger partial charge is 0.260 e. The van der Waals surface area contributed by atoms with Crippen LogP contribution in [0, 0.1) is 34.2 Å². The minimum atomic E-state index is -1.38. The highest BCUT2D eigenvalue weighted by Crippen LogP contribution is 2.64. The lowest BCUT2D eigenvalue weighted by atomic mass is 9.49. The molecule has 3 fully saturated rings. The van der Waals surface area contributed by atoms with Crippen LogP contribution in [0.1, 0.15) is 35.4 Å². The van der Waals surface area contributed by atoms with E-state index < -0.39 is 40.9 Å². The van der Waals surface area contributed by atoms with Crippen molar-refractivity contribution in [2.45, 2.75) is 31.1 Å². The fourth-order valence-electron chi connectivity index (χ4n) is 8.20. The van der Waals surface area contributed by atoms with Crippen LogP contribution in [0.4, 0.5) is 5.69 Å². The highest BCUT2D eigenvalue weighted by atomic mass is 127. The van der Waals surface area contributed by atoms with Crippen molar-refractivity contribution in [1.29, 1.82) is 0 Å². The molecule has 2 aliphatic carbocycles. The predicted octanol–water partition coefficient (Wildman–Crippen LogP) is 4.93. The SMILES string of the molecule is COc1cc([C@H]2C3=CC[C@@H]4C(=O)N(C)C(=O)[C@@H]4[C@@H]3C[C@H]3C(=O)N(Nc4ccc(C)cc4)C(=O)[C@@]23c2ccccc2)cc(I)c1O. The number of nitrogens with one attached hydrogen (secondary N) is 1. The van der Waals surface area contributed by atoms with Gasteiger partial charge in [-0.25, -0.2) is 0 Å². The van der Waals surface area contributed by atoms with Crippen LogP contribution in [0.25, 0.3) is 0 Å². The molecular formula is C35H32IN3O6. The van der Waals surface area contributed by atoms with Crippen LogP contribution in [0.5, 0.6) is 11.5 Å². The number of halogens is 1. The number of methoxy groups -OCH3 is 1. The van der Waals surface area contributed by atoms with E-state index in [4.69, 9.17) is 4.74 Å². The molecule has 2 aliphatic heterocycles. The summed E-state index contributed by atoms with van der Waals surface area (Å²) in [4.78, 5) is 57.7. The summed E-state index contributed by atoms with van der Waals surface area (Å²) in [5, 5.41) is 11.9. The van der Waals surface area contributed by atoms with E-state index in [2.05, 4.69) is 5.43 Å². The fraction of sp³-hybridized carbons (Fsp3) is 0.314. The number of fused-ring (bicyclic) bond motifs is 4. The maximum absolute atomic E-state index is 15.1. The van der Waals surface area contributed by atoms with Gasteiger partial charge in [-0.2, -0.15) is 5.01 Å². The van der Waals surface area contributed by atoms with Gasteiger partial charge in [0.05, 0.1) is 39.5 Å². The third-order valence-electron chi connectivity index (χ3n) is 10.2. The topological polar surface area (TPSA) is 116 Å². The van der Waals surface area contributed by atoms with E-state index in [1.54, 1.807) is 6.07 Å². The maximum atomic E-state index is 15.1. The van der Waals surface area contributed by atoms with Gasteiger partial charge in [-0.05, 0) is 83.7 Å². The summed E-state index contributed by atoms with van der Waals surface area (Å²) >= 11 is 2.04. The molecule has 1 saturated carbocycles. The Bertz CT molecular complexity index is 1790. The molecule has 4 aliphatic rings. The van der Waals surface area contributed by atoms with Crippen LogP contribution in [0.2, 0.25) is 0 Å². The molecule has 2 N–H and O–H groups in total. The van der Waals surface area contributed by atoms with Crippen molar-refractivity contribution in [2.24, 2.45) is 23.7 Å². The first-order valence-corrected chi connectivity index (χ1v) is 16.0. The highest BCUT2D eigenvalue weighted by molar-refractivity contribution is 14.1. The third-order valence-corrected chi connectivity index (χ3v) is 11.0. The Morgan fingerprint density at radius 2 is 1.67 bits per heavy atom. The van der Waals surface area contributed by atoms with Crippen molar-refractivity contribution in [1.82, 2.24) is 9.91 Å². The Morgan fingerprint density at radius 1 is 0.956 bits per heavy atom. The molecule has 0 unspecified atom stereocenters. The zero-order valence-electron chi connectivity index (χ0n) is 25.0. The number of amides is 4. The quantitative estimate of drug-likeness (QED) is 0.219. The second-order valence-electron chi connectivity index (χ2n) is 12.4. The van der Waals surface area contributed by atoms with E-state index in [-0.39, 0.29) is 35.6 Å². The number of phenolic OH excluding ortho intramolecular Hbond substituents is 1. The number of carbonyl (C=O) groups excluding carboxylic acids is 4. The summed E-state index contributed by atoms with van der Waals surface area (Å²) in [6.45, 7) is 1.96. The van der Waals surface area contributed by atoms with Crippen molar-refractivity contribution in [3.8, 4) is 11.5 Å². The van der Waals surface area contributed by atoms with Gasteiger partial charge in [0.1, 0.15) is 0 Å². The van der Waals surface area contributed by atoms with Crippen LogP contribution in [-0.4, -0.2) is 52.8 Å². The zero-order valence-corrected chi connectivity index (χ0v) is 27.1. The highest BCUT2D eigenvalue weighted by Gasteiger charge is 2.70. The third kappa shape index (κ3) is 4.17. The van der Waals surface area contributed by atoms with Gasteiger partial charge in [0.25, 0.3) is 11.8 Å². The van der Waals surface area contributed by atoms with Gasteiger partial charge in [-0.1, -0.05) is 59.7 Å². The molecule has 2 heterocycles. The normalized spacial score (nSPS) is 28.9. The number of hydrogen-bond donors (Lipinski definition) is 2. The van der Waals surface area contributed by atoms with E-state index in [0.29, 0.717) is 26.8 Å². The number of aromatic hydroxyl groups is 1. The van der Waals surface area contributed by atoms with Gasteiger partial charge in [-0.3, -0.25) is 29.5 Å². The number of rotatable bonds is 5. The number of benzene rings is 3. The molecule has 45 heavy (non-hydrogen) atoms. The average molecular weight is 718 g/mol. The minimum absolute atomic E-state index is 0.0214. The number of allylic oxidation sites excluding steroid dienone is 2. The van der Waals surface area contributed by atoms with Gasteiger partial charge < -0.3 is 9.84 Å². The first-order valence-electron chi connectivity index (χ1n) is 14.9. The molecule has 2 saturated heterocycles. The predicted molar refractivity (Wildman–Crippen MR) is 174 cm³/mol. The van der Waals surface area contributed by atoms with Crippen LogP contribution in [-0.2, 0) is 24.6 Å². The maximum Gasteiger partial charge on any atom is 0.260 e. The molecule has 0 aromatic heterocycles. The summed E-state index contributed by atoms with van der Waals surface area (Å²) in [6.07, 6.45) is 2.60. The molecule has 7 rings (SSSR count). The molecule has 9 nitrogen and oxygen atoms in total. The molecule has 0 spiro atoms. The lowest BCUT2D eigenvalue weighted by Crippen LogP contribution is -2.53. The Morgan fingerprint density at radius 3 is 2.36 bits per heavy atom. The summed E-state index contributed by atoms with van der Waals surface area (Å²) in [6, 6.07) is 20.3. The summed E-state index contributed by atoms with van der Waals surface area (Å²) < 4.78 is 6.09. The standard InChI is InChI=1S/C35H32IN3O6/c1-18-9-11-21(12-10-18)37-39-32(42)25-17-24-22(13-14-23-28(24)33(43)38(2)31(23)41)29(19-15-26(36)30(40)27(16-19)45-3)35(25,34(39)44)20-7-5-4-6-8-20/h4-13,15-16,23-25,28-29,37,40H,14,17H2,1-3H3/t23-,24+,25-,28-,29-,35+/m0/s1. The van der Waals surface area contributed by atoms with Crippen LogP contribution in [0.15, 0.2) is 78.4 Å². The van der Waals surface area contributed by atoms with Crippen molar-refractivity contribution in [3.63, 3.8) is 0 Å². The van der Waals surface area contributed by atoms with Gasteiger partial charge in [0.15, 0.2) is 11.5 Å². The molecule has 230 valence electrons. The monoisotopic (exact) mass is 717 g/mol. The molecular weight excluding hydrogens is 685 g/mol. The van der Waals surface area contributed by atoms with Crippen molar-refractivity contribution >= 4 is 51.9 Å². The van der Waals surface area contributed by atoms with Crippen LogP contribution < -0.4 is 10.2 Å². The van der Waals surface area contributed by atoms with Crippen molar-refractivity contribution in [2.75, 3.05) is 19.6 Å². The van der Waals surface area contributed by atoms with Gasteiger partial charge in [0, 0.05) is 13.0 Å². The number of aryl methyl sites for hydroxylation is 1. The van der Waals surface area contributed by atoms with Gasteiger partial charge >= 0.3 is 0 Å². The lowest BCUT2D eigenvalue weighted by molar-refractivity contribution is -0.140. The Kier molecular flexibility index (Phi) is 7.03. The number of carbonyl (C=O) groups is 4. The number of imide groups is 2. The summed E-state index contributed by atoms with van der Waals surface area (Å²) in [5.41, 5.74) is 5.57. The number of hydrogen-bond acceptors (Lipinski definition) is 7. The Labute approximate surface area is 274 Å². The first-order chi connectivity index (χ1) is 21.6. The number of likely N-dealkylation sites (tertiary alicyclic amines) is 1. The molecule has 0 bridgehead atoms. The molecule has 10 heteroatoms. The summed E-state index contributed by atoms with van der Waals surface area (Å²) in [5.74, 6) is -4.15. The lowest BCUT2D eigenvalue weighted by Gasteiger charge is -2.50. The number of hydrazine groups is 1. The Balaban J connectivity index is 1.49. The molecule has 4 amide bonds. The zero-order chi connectivity index (χ0) is 31.8. The Hall–Kier alpha value is -4.19. The van der Waals surface area contributed by atoms with E-state index in [0.717, 1.165) is 16.1 Å². The van der Waals surface area contributed by atoms with Crippen LogP contribution >= 0.6 is 22.6 Å². The molecule has 6 atom stereocenters. The number of phenols is 1. The summed E-state index contributed by atoms with van der Waals surface area (Å²) in [7, 11) is 2.98. The van der Waals surface area contributed by atoms with E-state index >= 15 is 4.79 Å². The van der Waals surface area contributed by atoms with E-state index in [1.807, 2.05) is 96.3 Å². The number of nitrogens with zero attached hydrogens (tertiary/aromatic N) is 2. The second kappa shape index (κ2) is 10.7. The molecule has 3 aromatic rings. The average Bonchev–Trinajstić information content (AvgIpc) is 3.40. The van der Waals surface area contributed by atoms with E-state index in [9.17, 15) is 19.5 Å². The van der Waals surface area contributed by atoms with Gasteiger partial charge in [0.2, 0.25) is 11.8 Å². The van der Waals surface area contributed by atoms with Crippen molar-refractivity contribution < 1.29 is 29.0 Å².